The van der Waals surface area contributed by atoms with Gasteiger partial charge in [-0.25, -0.2) is 9.78 Å². The lowest BCUT2D eigenvalue weighted by molar-refractivity contribution is 0.0526. The second-order valence-electron chi connectivity index (χ2n) is 8.71. The van der Waals surface area contributed by atoms with E-state index in [1.54, 1.807) is 13.0 Å². The Kier molecular flexibility index (Phi) is 5.96. The summed E-state index contributed by atoms with van der Waals surface area (Å²) >= 11 is 1.49. The van der Waals surface area contributed by atoms with Crippen molar-refractivity contribution in [3.05, 3.63) is 69.8 Å². The summed E-state index contributed by atoms with van der Waals surface area (Å²) < 4.78 is 11.1. The van der Waals surface area contributed by atoms with Gasteiger partial charge in [0.15, 0.2) is 5.76 Å². The summed E-state index contributed by atoms with van der Waals surface area (Å²) in [5.74, 6) is 1.25. The van der Waals surface area contributed by atoms with Crippen LogP contribution in [0, 0.1) is 12.8 Å². The molecule has 0 saturated carbocycles. The van der Waals surface area contributed by atoms with E-state index in [9.17, 15) is 9.59 Å². The minimum atomic E-state index is -0.379. The number of anilines is 1. The highest BCUT2D eigenvalue weighted by Crippen LogP contribution is 2.40. The van der Waals surface area contributed by atoms with Gasteiger partial charge in [-0.05, 0) is 68.9 Å². The van der Waals surface area contributed by atoms with Crippen molar-refractivity contribution >= 4 is 39.1 Å². The standard InChI is InChI=1S/C27H26N2O4S/c1-4-32-27(31)24-18-11-9-15(2)13-23(18)34-26(24)29-25(30)19-14-21(22-12-10-16(3)33-22)28-20-8-6-5-7-17(19)20/h5-8,10,12,14-15H,4,9,11,13H2,1-3H3,(H,29,30). The molecule has 3 aromatic heterocycles. The van der Waals surface area contributed by atoms with E-state index in [1.807, 2.05) is 43.3 Å². The average Bonchev–Trinajstić information content (AvgIpc) is 3.41. The minimum absolute atomic E-state index is 0.286. The maximum absolute atomic E-state index is 13.6. The zero-order chi connectivity index (χ0) is 23.8. The van der Waals surface area contributed by atoms with Crippen molar-refractivity contribution in [1.82, 2.24) is 4.98 Å². The van der Waals surface area contributed by atoms with Gasteiger partial charge in [-0.1, -0.05) is 25.1 Å². The molecule has 4 aromatic rings. The number of amides is 1. The first-order valence-corrected chi connectivity index (χ1v) is 12.4. The number of fused-ring (bicyclic) bond motifs is 2. The van der Waals surface area contributed by atoms with Crippen molar-refractivity contribution in [2.24, 2.45) is 5.92 Å². The number of aromatic nitrogens is 1. The Balaban J connectivity index is 1.57. The van der Waals surface area contributed by atoms with Crippen molar-refractivity contribution < 1.29 is 18.7 Å². The smallest absolute Gasteiger partial charge is 0.341 e. The molecule has 6 nitrogen and oxygen atoms in total. The first-order chi connectivity index (χ1) is 16.4. The number of aryl methyl sites for hydroxylation is 1. The Morgan fingerprint density at radius 3 is 2.82 bits per heavy atom. The number of furan rings is 1. The highest BCUT2D eigenvalue weighted by atomic mass is 32.1. The quantitative estimate of drug-likeness (QED) is 0.338. The van der Waals surface area contributed by atoms with Gasteiger partial charge in [0.2, 0.25) is 0 Å². The maximum Gasteiger partial charge on any atom is 0.341 e. The van der Waals surface area contributed by atoms with Gasteiger partial charge in [0.25, 0.3) is 5.91 Å². The number of carbonyl (C=O) groups is 2. The Morgan fingerprint density at radius 2 is 2.06 bits per heavy atom. The zero-order valence-electron chi connectivity index (χ0n) is 19.4. The Morgan fingerprint density at radius 1 is 1.24 bits per heavy atom. The molecule has 1 aromatic carbocycles. The highest BCUT2D eigenvalue weighted by molar-refractivity contribution is 7.17. The predicted octanol–water partition coefficient (Wildman–Crippen LogP) is 6.42. The molecule has 5 rings (SSSR count). The summed E-state index contributed by atoms with van der Waals surface area (Å²) in [6, 6.07) is 13.0. The Bertz CT molecular complexity index is 1400. The largest absolute Gasteiger partial charge is 0.462 e. The second-order valence-corrected chi connectivity index (χ2v) is 9.82. The average molecular weight is 475 g/mol. The first kappa shape index (κ1) is 22.3. The van der Waals surface area contributed by atoms with E-state index in [0.29, 0.717) is 39.0 Å². The molecule has 34 heavy (non-hydrogen) atoms. The predicted molar refractivity (Wildman–Crippen MR) is 134 cm³/mol. The molecule has 0 fully saturated rings. The van der Waals surface area contributed by atoms with Crippen LogP contribution in [0.25, 0.3) is 22.4 Å². The van der Waals surface area contributed by atoms with Gasteiger partial charge in [-0.3, -0.25) is 4.79 Å². The molecule has 3 heterocycles. The van der Waals surface area contributed by atoms with Crippen LogP contribution in [0.15, 0.2) is 46.9 Å². The van der Waals surface area contributed by atoms with Gasteiger partial charge in [-0.15, -0.1) is 11.3 Å². The molecule has 0 radical (unpaired) electrons. The van der Waals surface area contributed by atoms with E-state index < -0.39 is 0 Å². The number of para-hydroxylation sites is 1. The van der Waals surface area contributed by atoms with Crippen LogP contribution in [0.1, 0.15) is 57.2 Å². The first-order valence-electron chi connectivity index (χ1n) is 11.5. The van der Waals surface area contributed by atoms with Crippen molar-refractivity contribution in [3.63, 3.8) is 0 Å². The fourth-order valence-corrected chi connectivity index (χ4v) is 5.88. The molecule has 1 unspecified atom stereocenters. The van der Waals surface area contributed by atoms with Crippen LogP contribution in [-0.2, 0) is 17.6 Å². The Hall–Kier alpha value is -3.45. The van der Waals surface area contributed by atoms with Gasteiger partial charge >= 0.3 is 5.97 Å². The molecule has 1 atom stereocenters. The molecule has 0 saturated heterocycles. The zero-order valence-corrected chi connectivity index (χ0v) is 20.3. The van der Waals surface area contributed by atoms with Crippen LogP contribution in [-0.4, -0.2) is 23.5 Å². The van der Waals surface area contributed by atoms with E-state index >= 15 is 0 Å². The monoisotopic (exact) mass is 474 g/mol. The SMILES string of the molecule is CCOC(=O)c1c(NC(=O)c2cc(-c3ccc(C)o3)nc3ccccc23)sc2c1CCC(C)C2. The highest BCUT2D eigenvalue weighted by Gasteiger charge is 2.29. The van der Waals surface area contributed by atoms with E-state index in [2.05, 4.69) is 12.2 Å². The number of nitrogens with zero attached hydrogens (tertiary/aromatic N) is 1. The third-order valence-electron chi connectivity index (χ3n) is 6.17. The maximum atomic E-state index is 13.6. The van der Waals surface area contributed by atoms with Crippen LogP contribution < -0.4 is 5.32 Å². The number of benzene rings is 1. The number of carbonyl (C=O) groups excluding carboxylic acids is 2. The summed E-state index contributed by atoms with van der Waals surface area (Å²) in [7, 11) is 0. The topological polar surface area (TPSA) is 81.4 Å². The summed E-state index contributed by atoms with van der Waals surface area (Å²) in [6.07, 6.45) is 2.74. The van der Waals surface area contributed by atoms with Crippen LogP contribution in [0.5, 0.6) is 0 Å². The van der Waals surface area contributed by atoms with E-state index in [4.69, 9.17) is 14.1 Å². The van der Waals surface area contributed by atoms with Crippen molar-refractivity contribution in [2.75, 3.05) is 11.9 Å². The summed E-state index contributed by atoms with van der Waals surface area (Å²) in [6.45, 7) is 6.16. The molecule has 1 aliphatic rings. The molecular weight excluding hydrogens is 448 g/mol. The lowest BCUT2D eigenvalue weighted by Crippen LogP contribution is -2.17. The van der Waals surface area contributed by atoms with Crippen LogP contribution in [0.3, 0.4) is 0 Å². The molecule has 1 aliphatic carbocycles. The van der Waals surface area contributed by atoms with Crippen molar-refractivity contribution in [1.29, 1.82) is 0 Å². The molecule has 0 aliphatic heterocycles. The molecule has 1 N–H and O–H groups in total. The molecule has 0 spiro atoms. The molecule has 174 valence electrons. The number of nitrogens with one attached hydrogen (secondary N) is 1. The van der Waals surface area contributed by atoms with Crippen molar-refractivity contribution in [2.45, 2.75) is 40.0 Å². The molecule has 1 amide bonds. The third-order valence-corrected chi connectivity index (χ3v) is 7.34. The lowest BCUT2D eigenvalue weighted by Gasteiger charge is -2.18. The van der Waals surface area contributed by atoms with Gasteiger partial charge in [0, 0.05) is 10.3 Å². The van der Waals surface area contributed by atoms with Crippen molar-refractivity contribution in [3.8, 4) is 11.5 Å². The number of ether oxygens (including phenoxy) is 1. The number of thiophene rings is 1. The number of rotatable bonds is 5. The summed E-state index contributed by atoms with van der Waals surface area (Å²) in [5.41, 5.74) is 3.28. The second kappa shape index (κ2) is 9.06. The fraction of sp³-hybridized carbons (Fsp3) is 0.296. The molecule has 7 heteroatoms. The van der Waals surface area contributed by atoms with Crippen LogP contribution in [0.4, 0.5) is 5.00 Å². The molecular formula is C27H26N2O4S. The van der Waals surface area contributed by atoms with E-state index in [1.165, 1.54) is 11.3 Å². The number of hydrogen-bond acceptors (Lipinski definition) is 6. The summed E-state index contributed by atoms with van der Waals surface area (Å²) in [5, 5.41) is 4.32. The van der Waals surface area contributed by atoms with Gasteiger partial charge in [0.1, 0.15) is 16.5 Å². The van der Waals surface area contributed by atoms with Gasteiger partial charge in [-0.2, -0.15) is 0 Å². The lowest BCUT2D eigenvalue weighted by atomic mass is 9.88. The van der Waals surface area contributed by atoms with Crippen LogP contribution in [0.2, 0.25) is 0 Å². The number of pyridine rings is 1. The van der Waals surface area contributed by atoms with Gasteiger partial charge < -0.3 is 14.5 Å². The third kappa shape index (κ3) is 4.12. The normalized spacial score (nSPS) is 15.2. The minimum Gasteiger partial charge on any atom is -0.462 e. The number of esters is 1. The number of hydrogen-bond donors (Lipinski definition) is 1. The molecule has 0 bridgehead atoms. The fourth-order valence-electron chi connectivity index (χ4n) is 4.49. The summed E-state index contributed by atoms with van der Waals surface area (Å²) in [4.78, 5) is 32.3. The van der Waals surface area contributed by atoms with E-state index in [-0.39, 0.29) is 18.5 Å². The Labute approximate surface area is 202 Å². The van der Waals surface area contributed by atoms with Crippen LogP contribution >= 0.6 is 11.3 Å². The van der Waals surface area contributed by atoms with E-state index in [0.717, 1.165) is 40.8 Å². The van der Waals surface area contributed by atoms with Gasteiger partial charge in [0.05, 0.1) is 23.3 Å².